The fourth-order valence-corrected chi connectivity index (χ4v) is 4.47. The Morgan fingerprint density at radius 2 is 0.644 bits per heavy atom. The first-order valence-electron chi connectivity index (χ1n) is 16.1. The van der Waals surface area contributed by atoms with Crippen LogP contribution < -0.4 is 0 Å². The molecule has 2 aromatic carbocycles. The van der Waals surface area contributed by atoms with Gasteiger partial charge in [0.1, 0.15) is 0 Å². The zero-order valence-electron chi connectivity index (χ0n) is 29.0. The molecule has 45 heavy (non-hydrogen) atoms. The van der Waals surface area contributed by atoms with Crippen molar-refractivity contribution in [3.8, 4) is 0 Å². The molecule has 258 valence electrons. The van der Waals surface area contributed by atoms with Gasteiger partial charge in [-0.1, -0.05) is 35.4 Å². The van der Waals surface area contributed by atoms with Gasteiger partial charge in [-0.25, -0.2) is 0 Å². The Labute approximate surface area is 272 Å². The predicted molar refractivity (Wildman–Crippen MR) is 179 cm³/mol. The smallest absolute Gasteiger partial charge is 0.0723 e. The molecule has 2 aromatic rings. The summed E-state index contributed by atoms with van der Waals surface area (Å²) in [5, 5.41) is 8.56. The van der Waals surface area contributed by atoms with Crippen LogP contribution in [0.5, 0.6) is 0 Å². The summed E-state index contributed by atoms with van der Waals surface area (Å²) in [5.41, 5.74) is 10.7. The summed E-state index contributed by atoms with van der Waals surface area (Å²) in [6.07, 6.45) is 0. The molecule has 0 saturated heterocycles. The molecule has 9 heteroatoms. The number of hydrogen-bond donors (Lipinski definition) is 1. The van der Waals surface area contributed by atoms with Crippen LogP contribution in [0.4, 0.5) is 0 Å². The molecule has 0 saturated carbocycles. The first-order chi connectivity index (χ1) is 21.8. The Morgan fingerprint density at radius 1 is 0.378 bits per heavy atom. The molecule has 0 heterocycles. The number of ether oxygens (including phenoxy) is 8. The molecule has 0 unspecified atom stereocenters. The number of aliphatic hydroxyl groups excluding tert-OH is 1. The average molecular weight is 637 g/mol. The van der Waals surface area contributed by atoms with E-state index < -0.39 is 0 Å². The molecule has 0 fully saturated rings. The minimum atomic E-state index is 0.0316. The van der Waals surface area contributed by atoms with Gasteiger partial charge in [0.25, 0.3) is 0 Å². The van der Waals surface area contributed by atoms with Crippen LogP contribution >= 0.6 is 0 Å². The first kappa shape index (κ1) is 41.1. The van der Waals surface area contributed by atoms with E-state index in [1.54, 1.807) is 0 Å². The Bertz CT molecular complexity index is 966. The predicted octanol–water partition coefficient (Wildman–Crippen LogP) is 5.16. The van der Waals surface area contributed by atoms with Crippen molar-refractivity contribution in [1.82, 2.24) is 0 Å². The van der Waals surface area contributed by atoms with Crippen LogP contribution in [0.15, 0.2) is 24.3 Å². The van der Waals surface area contributed by atoms with Crippen LogP contribution in [0.3, 0.4) is 0 Å². The molecule has 0 bridgehead atoms. The van der Waals surface area contributed by atoms with Gasteiger partial charge >= 0.3 is 0 Å². The molecule has 0 amide bonds. The van der Waals surface area contributed by atoms with Crippen molar-refractivity contribution in [2.24, 2.45) is 0 Å². The highest BCUT2D eigenvalue weighted by Gasteiger charge is 2.04. The van der Waals surface area contributed by atoms with Gasteiger partial charge in [0.2, 0.25) is 0 Å². The zero-order chi connectivity index (χ0) is 33.1. The maximum Gasteiger partial charge on any atom is 0.0723 e. The molecule has 0 aliphatic rings. The molecule has 0 aliphatic carbocycles. The first-order valence-corrected chi connectivity index (χ1v) is 16.1. The lowest BCUT2D eigenvalue weighted by atomic mass is 10.0. The summed E-state index contributed by atoms with van der Waals surface area (Å²) in [4.78, 5) is 0. The van der Waals surface area contributed by atoms with Crippen LogP contribution in [-0.4, -0.2) is 111 Å². The molecular formula is C36H60O9. The van der Waals surface area contributed by atoms with Crippen molar-refractivity contribution in [3.05, 3.63) is 68.8 Å². The topological polar surface area (TPSA) is 94.1 Å². The summed E-state index contributed by atoms with van der Waals surface area (Å²) in [6, 6.07) is 8.82. The summed E-state index contributed by atoms with van der Waals surface area (Å²) in [5.74, 6) is 0. The lowest BCUT2D eigenvalue weighted by molar-refractivity contribution is -0.0242. The Morgan fingerprint density at radius 3 is 0.956 bits per heavy atom. The number of benzene rings is 2. The highest BCUT2D eigenvalue weighted by molar-refractivity contribution is 5.37. The number of aryl methyl sites for hydroxylation is 6. The van der Waals surface area contributed by atoms with Gasteiger partial charge in [0.15, 0.2) is 0 Å². The minimum absolute atomic E-state index is 0.0316. The van der Waals surface area contributed by atoms with Crippen LogP contribution in [0.2, 0.25) is 0 Å². The minimum Gasteiger partial charge on any atom is -0.394 e. The third-order valence-corrected chi connectivity index (χ3v) is 7.00. The lowest BCUT2D eigenvalue weighted by Crippen LogP contribution is -2.15. The van der Waals surface area contributed by atoms with Crippen molar-refractivity contribution in [3.63, 3.8) is 0 Å². The number of aliphatic hydroxyl groups is 1. The quantitative estimate of drug-likeness (QED) is 0.148. The van der Waals surface area contributed by atoms with E-state index in [0.29, 0.717) is 106 Å². The molecule has 1 N–H and O–H groups in total. The molecule has 0 atom stereocenters. The van der Waals surface area contributed by atoms with Gasteiger partial charge in [-0.15, -0.1) is 0 Å². The van der Waals surface area contributed by atoms with E-state index in [4.69, 9.17) is 43.0 Å². The second kappa shape index (κ2) is 27.2. The van der Waals surface area contributed by atoms with Crippen LogP contribution in [0.1, 0.15) is 44.5 Å². The highest BCUT2D eigenvalue weighted by Crippen LogP contribution is 2.17. The van der Waals surface area contributed by atoms with Gasteiger partial charge in [-0.2, -0.15) is 0 Å². The maximum absolute atomic E-state index is 8.56. The fraction of sp³-hybridized carbons (Fsp3) is 0.667. The fourth-order valence-electron chi connectivity index (χ4n) is 4.47. The molecule has 0 spiro atoms. The Balaban J connectivity index is 0.000000852. The van der Waals surface area contributed by atoms with Crippen LogP contribution in [0, 0.1) is 48.5 Å². The zero-order valence-corrected chi connectivity index (χ0v) is 29.0. The molecule has 2 rings (SSSR count). The highest BCUT2D eigenvalue weighted by atomic mass is 16.6. The number of hydrogen-bond acceptors (Lipinski definition) is 9. The summed E-state index contributed by atoms with van der Waals surface area (Å²) >= 11 is 0. The van der Waals surface area contributed by atoms with E-state index >= 15 is 0 Å². The Hall–Kier alpha value is -1.92. The van der Waals surface area contributed by atoms with Crippen molar-refractivity contribution >= 4 is 0 Å². The normalized spacial score (nSPS) is 11.1. The van der Waals surface area contributed by atoms with Crippen LogP contribution in [0.25, 0.3) is 0 Å². The van der Waals surface area contributed by atoms with E-state index in [-0.39, 0.29) is 6.61 Å². The van der Waals surface area contributed by atoms with E-state index in [9.17, 15) is 0 Å². The average Bonchev–Trinajstić information content (AvgIpc) is 2.99. The van der Waals surface area contributed by atoms with Gasteiger partial charge in [-0.3, -0.25) is 0 Å². The second-order valence-corrected chi connectivity index (χ2v) is 11.0. The van der Waals surface area contributed by atoms with E-state index in [1.807, 2.05) is 0 Å². The second-order valence-electron chi connectivity index (χ2n) is 11.0. The van der Waals surface area contributed by atoms with Crippen LogP contribution in [-0.2, 0) is 44.5 Å². The lowest BCUT2D eigenvalue weighted by Gasteiger charge is -2.12. The van der Waals surface area contributed by atoms with E-state index in [2.05, 4.69) is 72.7 Å². The molecule has 0 radical (unpaired) electrons. The SMILES string of the molecule is Cc1cc(C)c(C)c(C)c1.Cc1cc(C)c(COCCOCCOCCOCCOCCOCCOCCOCCO)c(C)c1. The monoisotopic (exact) mass is 636 g/mol. The van der Waals surface area contributed by atoms with Crippen molar-refractivity contribution in [2.45, 2.75) is 55.1 Å². The summed E-state index contributed by atoms with van der Waals surface area (Å²) in [6.45, 7) is 23.3. The number of rotatable bonds is 25. The summed E-state index contributed by atoms with van der Waals surface area (Å²) in [7, 11) is 0. The largest absolute Gasteiger partial charge is 0.394 e. The van der Waals surface area contributed by atoms with Crippen molar-refractivity contribution in [1.29, 1.82) is 0 Å². The van der Waals surface area contributed by atoms with Gasteiger partial charge in [-0.05, 0) is 81.8 Å². The van der Waals surface area contributed by atoms with Gasteiger partial charge < -0.3 is 43.0 Å². The Kier molecular flexibility index (Phi) is 24.9. The third-order valence-electron chi connectivity index (χ3n) is 7.00. The molecule has 9 nitrogen and oxygen atoms in total. The van der Waals surface area contributed by atoms with Crippen molar-refractivity contribution < 1.29 is 43.0 Å². The van der Waals surface area contributed by atoms with Gasteiger partial charge in [0.05, 0.1) is 112 Å². The third kappa shape index (κ3) is 21.5. The van der Waals surface area contributed by atoms with Gasteiger partial charge in [0, 0.05) is 0 Å². The standard InChI is InChI=1S/C26H46O9.C10H14/c1-23-20-24(2)26(25(3)21-23)22-35-19-18-34-17-16-33-15-14-32-13-12-31-11-10-30-9-8-29-7-6-28-5-4-27;1-7-5-8(2)10(4)9(3)6-7/h20-21,27H,4-19,22H2,1-3H3;5-6H,1-4H3. The van der Waals surface area contributed by atoms with Crippen molar-refractivity contribution in [2.75, 3.05) is 106 Å². The molecule has 0 aromatic heterocycles. The molecule has 0 aliphatic heterocycles. The molecular weight excluding hydrogens is 576 g/mol. The van der Waals surface area contributed by atoms with E-state index in [1.165, 1.54) is 44.5 Å². The maximum atomic E-state index is 8.56. The van der Waals surface area contributed by atoms with E-state index in [0.717, 1.165) is 0 Å². The summed E-state index contributed by atoms with van der Waals surface area (Å²) < 4.78 is 43.5.